The Balaban J connectivity index is 2.29. The van der Waals surface area contributed by atoms with E-state index in [1.807, 2.05) is 24.3 Å². The third-order valence-corrected chi connectivity index (χ3v) is 2.34. The highest BCUT2D eigenvalue weighted by Crippen LogP contribution is 2.35. The van der Waals surface area contributed by atoms with E-state index in [0.717, 1.165) is 17.7 Å². The van der Waals surface area contributed by atoms with E-state index >= 15 is 0 Å². The van der Waals surface area contributed by atoms with Crippen LogP contribution in [0.25, 0.3) is 0 Å². The summed E-state index contributed by atoms with van der Waals surface area (Å²) in [6.45, 7) is 4.08. The predicted molar refractivity (Wildman–Crippen MR) is 57.3 cm³/mol. The molecular formula is C12H14O3. The lowest BCUT2D eigenvalue weighted by molar-refractivity contribution is 0.0450. The van der Waals surface area contributed by atoms with Gasteiger partial charge in [0.15, 0.2) is 17.6 Å². The fourth-order valence-corrected chi connectivity index (χ4v) is 1.61. The Hall–Kier alpha value is -1.48. The summed E-state index contributed by atoms with van der Waals surface area (Å²) in [5, 5.41) is 8.97. The zero-order valence-corrected chi connectivity index (χ0v) is 8.48. The minimum atomic E-state index is -0.253. The second-order valence-electron chi connectivity index (χ2n) is 3.47. The molecule has 1 heterocycles. The van der Waals surface area contributed by atoms with E-state index in [1.54, 1.807) is 0 Å². The molecule has 0 radical (unpaired) electrons. The average Bonchev–Trinajstić information content (AvgIpc) is 2.29. The minimum absolute atomic E-state index is 0.0227. The first-order valence-electron chi connectivity index (χ1n) is 4.98. The van der Waals surface area contributed by atoms with Crippen molar-refractivity contribution in [2.24, 2.45) is 0 Å². The first-order valence-corrected chi connectivity index (χ1v) is 4.98. The quantitative estimate of drug-likeness (QED) is 0.762. The molecule has 1 N–H and O–H groups in total. The maximum absolute atomic E-state index is 8.97. The number of ether oxygens (including phenoxy) is 2. The van der Waals surface area contributed by atoms with Crippen molar-refractivity contribution in [2.75, 3.05) is 13.2 Å². The maximum atomic E-state index is 8.97. The molecule has 1 atom stereocenters. The number of fused-ring (bicyclic) bond motifs is 1. The Kier molecular flexibility index (Phi) is 2.92. The Morgan fingerprint density at radius 3 is 3.13 bits per heavy atom. The number of para-hydroxylation sites is 1. The van der Waals surface area contributed by atoms with Crippen LogP contribution >= 0.6 is 0 Å². The number of hydrogen-bond acceptors (Lipinski definition) is 3. The van der Waals surface area contributed by atoms with E-state index in [-0.39, 0.29) is 12.7 Å². The summed E-state index contributed by atoms with van der Waals surface area (Å²) < 4.78 is 11.1. The maximum Gasteiger partial charge on any atom is 0.164 e. The molecular weight excluding hydrogens is 192 g/mol. The topological polar surface area (TPSA) is 38.7 Å². The number of aliphatic hydroxyl groups excluding tert-OH is 1. The highest BCUT2D eigenvalue weighted by atomic mass is 16.6. The van der Waals surface area contributed by atoms with Gasteiger partial charge in [-0.3, -0.25) is 0 Å². The summed E-state index contributed by atoms with van der Waals surface area (Å²) in [6.07, 6.45) is 2.34. The van der Waals surface area contributed by atoms with Gasteiger partial charge in [-0.25, -0.2) is 0 Å². The Morgan fingerprint density at radius 1 is 1.53 bits per heavy atom. The van der Waals surface area contributed by atoms with E-state index < -0.39 is 0 Å². The second-order valence-corrected chi connectivity index (χ2v) is 3.47. The molecule has 0 saturated heterocycles. The van der Waals surface area contributed by atoms with Gasteiger partial charge in [0.05, 0.1) is 6.61 Å². The van der Waals surface area contributed by atoms with Gasteiger partial charge in [0.2, 0.25) is 0 Å². The molecule has 3 nitrogen and oxygen atoms in total. The highest BCUT2D eigenvalue weighted by Gasteiger charge is 2.21. The normalized spacial score (nSPS) is 18.6. The summed E-state index contributed by atoms with van der Waals surface area (Å²) in [4.78, 5) is 0. The fraction of sp³-hybridized carbons (Fsp3) is 0.333. The van der Waals surface area contributed by atoms with Crippen molar-refractivity contribution < 1.29 is 14.6 Å². The largest absolute Gasteiger partial charge is 0.485 e. The molecule has 2 rings (SSSR count). The van der Waals surface area contributed by atoms with Gasteiger partial charge in [0.1, 0.15) is 6.61 Å². The van der Waals surface area contributed by atoms with Crippen LogP contribution in [0.4, 0.5) is 0 Å². The van der Waals surface area contributed by atoms with Gasteiger partial charge in [0.25, 0.3) is 0 Å². The van der Waals surface area contributed by atoms with E-state index in [9.17, 15) is 0 Å². The first kappa shape index (κ1) is 10.1. The smallest absolute Gasteiger partial charge is 0.164 e. The van der Waals surface area contributed by atoms with Gasteiger partial charge in [0, 0.05) is 5.56 Å². The molecule has 1 aliphatic rings. The van der Waals surface area contributed by atoms with Crippen LogP contribution in [0.1, 0.15) is 5.56 Å². The summed E-state index contributed by atoms with van der Waals surface area (Å²) in [6, 6.07) is 5.76. The number of allylic oxidation sites excluding steroid dienone is 1. The van der Waals surface area contributed by atoms with Crippen molar-refractivity contribution in [1.82, 2.24) is 0 Å². The van der Waals surface area contributed by atoms with E-state index in [0.29, 0.717) is 12.4 Å². The molecule has 0 aromatic heterocycles. The summed E-state index contributed by atoms with van der Waals surface area (Å²) in [5.74, 6) is 1.49. The Morgan fingerprint density at radius 2 is 2.40 bits per heavy atom. The fourth-order valence-electron chi connectivity index (χ4n) is 1.61. The molecule has 0 saturated carbocycles. The van der Waals surface area contributed by atoms with E-state index in [1.165, 1.54) is 0 Å². The molecule has 1 unspecified atom stereocenters. The zero-order chi connectivity index (χ0) is 10.7. The number of aliphatic hydroxyl groups is 1. The first-order chi connectivity index (χ1) is 7.35. The van der Waals surface area contributed by atoms with Crippen LogP contribution in [0.2, 0.25) is 0 Å². The van der Waals surface area contributed by atoms with E-state index in [2.05, 4.69) is 6.58 Å². The molecule has 1 aromatic carbocycles. The van der Waals surface area contributed by atoms with Gasteiger partial charge in [-0.2, -0.15) is 0 Å². The molecule has 3 heteroatoms. The lowest BCUT2D eigenvalue weighted by atomic mass is 10.1. The van der Waals surface area contributed by atoms with Crippen molar-refractivity contribution in [3.05, 3.63) is 36.4 Å². The monoisotopic (exact) mass is 206 g/mol. The van der Waals surface area contributed by atoms with Crippen LogP contribution in [-0.4, -0.2) is 24.4 Å². The Bertz CT molecular complexity index is 360. The molecule has 0 fully saturated rings. The second kappa shape index (κ2) is 4.36. The summed E-state index contributed by atoms with van der Waals surface area (Å²) >= 11 is 0. The van der Waals surface area contributed by atoms with E-state index in [4.69, 9.17) is 14.6 Å². The van der Waals surface area contributed by atoms with Gasteiger partial charge < -0.3 is 14.6 Å². The van der Waals surface area contributed by atoms with Crippen molar-refractivity contribution in [1.29, 1.82) is 0 Å². The zero-order valence-electron chi connectivity index (χ0n) is 8.48. The van der Waals surface area contributed by atoms with Crippen LogP contribution in [0, 0.1) is 0 Å². The molecule has 0 spiro atoms. The molecule has 0 bridgehead atoms. The summed E-state index contributed by atoms with van der Waals surface area (Å²) in [5.41, 5.74) is 1.07. The number of rotatable bonds is 3. The Labute approximate surface area is 88.9 Å². The lowest BCUT2D eigenvalue weighted by Crippen LogP contribution is -2.32. The standard InChI is InChI=1S/C12H14O3/c1-2-4-9-5-3-6-11-12(9)14-8-10(7-13)15-11/h2-3,5-6,10,13H,1,4,7-8H2. The van der Waals surface area contributed by atoms with Crippen LogP contribution in [-0.2, 0) is 6.42 Å². The molecule has 80 valence electrons. The molecule has 0 amide bonds. The van der Waals surface area contributed by atoms with Crippen molar-refractivity contribution in [3.63, 3.8) is 0 Å². The van der Waals surface area contributed by atoms with Crippen molar-refractivity contribution in [3.8, 4) is 11.5 Å². The predicted octanol–water partition coefficient (Wildman–Crippen LogP) is 1.55. The summed E-state index contributed by atoms with van der Waals surface area (Å²) in [7, 11) is 0. The third-order valence-electron chi connectivity index (χ3n) is 2.34. The number of hydrogen-bond donors (Lipinski definition) is 1. The molecule has 1 aliphatic heterocycles. The lowest BCUT2D eigenvalue weighted by Gasteiger charge is -2.26. The van der Waals surface area contributed by atoms with Crippen LogP contribution in [0.5, 0.6) is 11.5 Å². The van der Waals surface area contributed by atoms with Crippen LogP contribution in [0.15, 0.2) is 30.9 Å². The minimum Gasteiger partial charge on any atom is -0.485 e. The van der Waals surface area contributed by atoms with Crippen molar-refractivity contribution in [2.45, 2.75) is 12.5 Å². The van der Waals surface area contributed by atoms with Gasteiger partial charge in [-0.05, 0) is 12.5 Å². The molecule has 0 aliphatic carbocycles. The highest BCUT2D eigenvalue weighted by molar-refractivity contribution is 5.48. The van der Waals surface area contributed by atoms with Gasteiger partial charge >= 0.3 is 0 Å². The van der Waals surface area contributed by atoms with Gasteiger partial charge in [-0.15, -0.1) is 6.58 Å². The molecule has 1 aromatic rings. The van der Waals surface area contributed by atoms with Crippen LogP contribution < -0.4 is 9.47 Å². The van der Waals surface area contributed by atoms with Crippen molar-refractivity contribution >= 4 is 0 Å². The van der Waals surface area contributed by atoms with Crippen LogP contribution in [0.3, 0.4) is 0 Å². The average molecular weight is 206 g/mol. The SMILES string of the molecule is C=CCc1cccc2c1OCC(CO)O2. The molecule has 15 heavy (non-hydrogen) atoms. The van der Waals surface area contributed by atoms with Gasteiger partial charge in [-0.1, -0.05) is 18.2 Å². The third kappa shape index (κ3) is 1.97. The number of benzene rings is 1.